The zero-order valence-corrected chi connectivity index (χ0v) is 11.6. The summed E-state index contributed by atoms with van der Waals surface area (Å²) >= 11 is 11.5. The first-order chi connectivity index (χ1) is 6.24. The highest BCUT2D eigenvalue weighted by atomic mass is 35.7. The highest BCUT2D eigenvalue weighted by Crippen LogP contribution is 2.39. The van der Waals surface area contributed by atoms with Crippen LogP contribution in [0, 0.1) is 0 Å². The summed E-state index contributed by atoms with van der Waals surface area (Å²) in [5, 5.41) is 0. The van der Waals surface area contributed by atoms with Gasteiger partial charge in [0.15, 0.2) is 0 Å². The van der Waals surface area contributed by atoms with E-state index in [0.717, 1.165) is 0 Å². The van der Waals surface area contributed by atoms with E-state index in [9.17, 15) is 4.79 Å². The number of hydrogen-bond donors (Lipinski definition) is 0. The number of rotatable bonds is 4. The van der Waals surface area contributed by atoms with Crippen LogP contribution in [0.2, 0.25) is 0 Å². The summed E-state index contributed by atoms with van der Waals surface area (Å²) in [6.07, 6.45) is 0. The molecule has 0 saturated heterocycles. The Balaban J connectivity index is 4.78. The molecule has 0 aromatic rings. The van der Waals surface area contributed by atoms with Crippen LogP contribution in [0.1, 0.15) is 27.7 Å². The monoisotopic (exact) mass is 277 g/mol. The molecule has 0 saturated carbocycles. The van der Waals surface area contributed by atoms with E-state index in [4.69, 9.17) is 33.9 Å². The van der Waals surface area contributed by atoms with E-state index < -0.39 is 3.67 Å². The minimum atomic E-state index is -1.60. The van der Waals surface area contributed by atoms with Gasteiger partial charge < -0.3 is 4.90 Å². The quantitative estimate of drug-likeness (QED) is 0.732. The van der Waals surface area contributed by atoms with Gasteiger partial charge in [-0.15, -0.1) is 0 Å². The molecule has 0 aromatic heterocycles. The minimum Gasteiger partial charge on any atom is -0.334 e. The first-order valence-electron chi connectivity index (χ1n) is 4.24. The zero-order valence-electron chi connectivity index (χ0n) is 8.55. The van der Waals surface area contributed by atoms with Gasteiger partial charge in [0.2, 0.25) is 0 Å². The van der Waals surface area contributed by atoms with E-state index in [-0.39, 0.29) is 18.0 Å². The summed E-state index contributed by atoms with van der Waals surface area (Å²) in [7, 11) is 6.06. The SMILES string of the molecule is CC(C)N(C(=O)C(Cl)(Cl)SCl)C(C)C. The number of amides is 1. The van der Waals surface area contributed by atoms with Crippen LogP contribution in [0.4, 0.5) is 0 Å². The van der Waals surface area contributed by atoms with Crippen molar-refractivity contribution < 1.29 is 4.79 Å². The average Bonchev–Trinajstić information content (AvgIpc) is 2.02. The first kappa shape index (κ1) is 14.7. The molecule has 84 valence electrons. The fourth-order valence-electron chi connectivity index (χ4n) is 1.25. The number of halogens is 3. The predicted molar refractivity (Wildman–Crippen MR) is 65.0 cm³/mol. The summed E-state index contributed by atoms with van der Waals surface area (Å²) < 4.78 is -1.60. The molecule has 0 spiro atoms. The Morgan fingerprint density at radius 2 is 1.57 bits per heavy atom. The lowest BCUT2D eigenvalue weighted by molar-refractivity contribution is -0.133. The molecule has 0 radical (unpaired) electrons. The second kappa shape index (κ2) is 5.69. The first-order valence-corrected chi connectivity index (χ1v) is 6.64. The smallest absolute Gasteiger partial charge is 0.271 e. The average molecular weight is 279 g/mol. The van der Waals surface area contributed by atoms with Crippen LogP contribution in [-0.2, 0) is 4.79 Å². The van der Waals surface area contributed by atoms with Crippen molar-refractivity contribution in [2.45, 2.75) is 43.4 Å². The molecule has 0 aromatic carbocycles. The molecule has 0 fully saturated rings. The van der Waals surface area contributed by atoms with Gasteiger partial charge in [0.05, 0.1) is 0 Å². The number of hydrogen-bond acceptors (Lipinski definition) is 2. The number of nitrogens with zero attached hydrogens (tertiary/aromatic N) is 1. The van der Waals surface area contributed by atoms with Crippen molar-refractivity contribution in [3.63, 3.8) is 0 Å². The minimum absolute atomic E-state index is 0.0446. The Hall–Kier alpha value is 0.690. The van der Waals surface area contributed by atoms with Crippen molar-refractivity contribution in [1.82, 2.24) is 4.90 Å². The summed E-state index contributed by atoms with van der Waals surface area (Å²) in [6, 6.07) is 0.0892. The molecule has 0 aliphatic heterocycles. The Labute approximate surface area is 104 Å². The largest absolute Gasteiger partial charge is 0.334 e. The Bertz CT molecular complexity index is 201. The number of carbonyl (C=O) groups is 1. The number of alkyl halides is 2. The van der Waals surface area contributed by atoms with Crippen molar-refractivity contribution >= 4 is 50.8 Å². The zero-order chi connectivity index (χ0) is 11.5. The number of carbonyl (C=O) groups excluding carboxylic acids is 1. The normalized spacial score (nSPS) is 12.4. The van der Waals surface area contributed by atoms with Gasteiger partial charge in [-0.3, -0.25) is 4.79 Å². The van der Waals surface area contributed by atoms with Gasteiger partial charge in [0.25, 0.3) is 9.57 Å². The topological polar surface area (TPSA) is 20.3 Å². The van der Waals surface area contributed by atoms with E-state index in [1.54, 1.807) is 4.90 Å². The maximum atomic E-state index is 11.8. The van der Waals surface area contributed by atoms with Crippen molar-refractivity contribution in [2.75, 3.05) is 0 Å². The summed E-state index contributed by atoms with van der Waals surface area (Å²) in [5.74, 6) is -0.370. The van der Waals surface area contributed by atoms with E-state index in [0.29, 0.717) is 11.0 Å². The van der Waals surface area contributed by atoms with Crippen LogP contribution in [0.25, 0.3) is 0 Å². The third-order valence-corrected chi connectivity index (χ3v) is 4.02. The van der Waals surface area contributed by atoms with Crippen molar-refractivity contribution in [2.24, 2.45) is 0 Å². The molecule has 0 heterocycles. The van der Waals surface area contributed by atoms with E-state index in [1.807, 2.05) is 27.7 Å². The van der Waals surface area contributed by atoms with Gasteiger partial charge in [-0.1, -0.05) is 23.2 Å². The fraction of sp³-hybridized carbons (Fsp3) is 0.875. The van der Waals surface area contributed by atoms with Crippen molar-refractivity contribution in [3.05, 3.63) is 0 Å². The van der Waals surface area contributed by atoms with E-state index in [2.05, 4.69) is 0 Å². The Morgan fingerprint density at radius 1 is 1.21 bits per heavy atom. The van der Waals surface area contributed by atoms with Gasteiger partial charge in [0.1, 0.15) is 0 Å². The van der Waals surface area contributed by atoms with Gasteiger partial charge in [0, 0.05) is 12.1 Å². The van der Waals surface area contributed by atoms with Gasteiger partial charge in [-0.2, -0.15) is 0 Å². The summed E-state index contributed by atoms with van der Waals surface area (Å²) in [5.41, 5.74) is 0. The maximum Gasteiger partial charge on any atom is 0.271 e. The summed E-state index contributed by atoms with van der Waals surface area (Å²) in [4.78, 5) is 13.4. The van der Waals surface area contributed by atoms with Crippen LogP contribution in [0.15, 0.2) is 0 Å². The molecule has 2 nitrogen and oxygen atoms in total. The second-order valence-electron chi connectivity index (χ2n) is 3.49. The molecule has 6 heteroatoms. The van der Waals surface area contributed by atoms with Crippen LogP contribution < -0.4 is 0 Å². The third-order valence-electron chi connectivity index (χ3n) is 1.69. The van der Waals surface area contributed by atoms with Crippen LogP contribution in [0.3, 0.4) is 0 Å². The van der Waals surface area contributed by atoms with E-state index in [1.165, 1.54) is 0 Å². The molecule has 0 aliphatic carbocycles. The lowest BCUT2D eigenvalue weighted by Crippen LogP contribution is -2.47. The molecule has 0 rings (SSSR count). The standard InChI is InChI=1S/C8H14Cl3NOS/c1-5(2)12(6(3)4)7(13)8(9,10)14-11/h5-6H,1-4H3. The molecule has 1 amide bonds. The van der Waals surface area contributed by atoms with Crippen molar-refractivity contribution in [1.29, 1.82) is 0 Å². The lowest BCUT2D eigenvalue weighted by Gasteiger charge is -2.33. The Morgan fingerprint density at radius 3 is 1.79 bits per heavy atom. The second-order valence-corrected chi connectivity index (χ2v) is 6.50. The highest BCUT2D eigenvalue weighted by Gasteiger charge is 2.39. The summed E-state index contributed by atoms with van der Waals surface area (Å²) in [6.45, 7) is 7.61. The fourth-order valence-corrected chi connectivity index (χ4v) is 1.81. The molecular formula is C8H14Cl3NOS. The maximum absolute atomic E-state index is 11.8. The van der Waals surface area contributed by atoms with E-state index >= 15 is 0 Å². The van der Waals surface area contributed by atoms with Gasteiger partial charge >= 0.3 is 0 Å². The van der Waals surface area contributed by atoms with Crippen molar-refractivity contribution in [3.8, 4) is 0 Å². The predicted octanol–water partition coefficient (Wildman–Crippen LogP) is 3.65. The van der Waals surface area contributed by atoms with Crippen LogP contribution in [-0.4, -0.2) is 26.6 Å². The molecule has 0 unspecified atom stereocenters. The molecular weight excluding hydrogens is 265 g/mol. The molecule has 0 bridgehead atoms. The van der Waals surface area contributed by atoms with Gasteiger partial charge in [-0.25, -0.2) is 0 Å². The van der Waals surface area contributed by atoms with Crippen LogP contribution in [0.5, 0.6) is 0 Å². The van der Waals surface area contributed by atoms with Gasteiger partial charge in [-0.05, 0) is 49.4 Å². The molecule has 0 atom stereocenters. The lowest BCUT2D eigenvalue weighted by atomic mass is 10.2. The van der Waals surface area contributed by atoms with Crippen LogP contribution >= 0.6 is 44.9 Å². The molecule has 14 heavy (non-hydrogen) atoms. The highest BCUT2D eigenvalue weighted by molar-refractivity contribution is 8.24. The molecule has 0 aliphatic rings. The molecule has 0 N–H and O–H groups in total. The Kier molecular flexibility index (Phi) is 5.97. The third kappa shape index (κ3) is 3.69.